The van der Waals surface area contributed by atoms with Crippen molar-refractivity contribution in [1.82, 2.24) is 15.1 Å². The molecule has 0 radical (unpaired) electrons. The first kappa shape index (κ1) is 20.1. The number of benzene rings is 1. The van der Waals surface area contributed by atoms with Gasteiger partial charge < -0.3 is 10.6 Å². The first-order valence-corrected chi connectivity index (χ1v) is 9.84. The lowest BCUT2D eigenvalue weighted by atomic mass is 10.2. The Hall–Kier alpha value is -2.60. The minimum absolute atomic E-state index is 0.0798. The summed E-state index contributed by atoms with van der Waals surface area (Å²) in [5.41, 5.74) is 2.72. The van der Waals surface area contributed by atoms with Gasteiger partial charge in [-0.3, -0.25) is 14.3 Å². The van der Waals surface area contributed by atoms with Crippen molar-refractivity contribution in [2.24, 2.45) is 5.92 Å². The number of hydrogen-bond donors (Lipinski definition) is 2. The predicted molar refractivity (Wildman–Crippen MR) is 111 cm³/mol. The molecule has 1 aromatic heterocycles. The summed E-state index contributed by atoms with van der Waals surface area (Å²) < 4.78 is 1.75. The normalized spacial score (nSPS) is 13.9. The van der Waals surface area contributed by atoms with E-state index in [1.54, 1.807) is 35.0 Å². The third-order valence-corrected chi connectivity index (χ3v) is 4.77. The Morgan fingerprint density at radius 2 is 1.96 bits per heavy atom. The standard InChI is InChI=1S/C21H25ClN4O2/c1-13(2)12-26-20(22)18(14(3)25-26)10-11-19(27)23-16-6-4-15(5-7-16)21(28)24-17-8-9-17/h4-7,10-11,13,17H,8-9,12H2,1-3H3,(H,23,27)(H,24,28)/b11-10+. The van der Waals surface area contributed by atoms with E-state index < -0.39 is 0 Å². The molecule has 148 valence electrons. The van der Waals surface area contributed by atoms with Gasteiger partial charge in [0.05, 0.1) is 5.69 Å². The molecule has 1 aliphatic rings. The summed E-state index contributed by atoms with van der Waals surface area (Å²) in [4.78, 5) is 24.2. The Morgan fingerprint density at radius 3 is 2.57 bits per heavy atom. The van der Waals surface area contributed by atoms with Gasteiger partial charge in [0.1, 0.15) is 5.15 Å². The molecule has 1 fully saturated rings. The molecule has 1 heterocycles. The van der Waals surface area contributed by atoms with E-state index in [9.17, 15) is 9.59 Å². The number of carbonyl (C=O) groups excluding carboxylic acids is 2. The van der Waals surface area contributed by atoms with Crippen molar-refractivity contribution in [3.8, 4) is 0 Å². The van der Waals surface area contributed by atoms with Crippen molar-refractivity contribution in [3.63, 3.8) is 0 Å². The molecule has 0 bridgehead atoms. The lowest BCUT2D eigenvalue weighted by molar-refractivity contribution is -0.111. The molecule has 0 unspecified atom stereocenters. The van der Waals surface area contributed by atoms with Gasteiger partial charge in [0, 0.05) is 35.5 Å². The number of aryl methyl sites for hydroxylation is 1. The van der Waals surface area contributed by atoms with Gasteiger partial charge in [-0.2, -0.15) is 5.10 Å². The highest BCUT2D eigenvalue weighted by atomic mass is 35.5. The van der Waals surface area contributed by atoms with E-state index in [1.165, 1.54) is 6.08 Å². The van der Waals surface area contributed by atoms with Crippen molar-refractivity contribution in [2.45, 2.75) is 46.2 Å². The number of anilines is 1. The maximum atomic E-state index is 12.2. The van der Waals surface area contributed by atoms with Crippen LogP contribution in [0.25, 0.3) is 6.08 Å². The van der Waals surface area contributed by atoms with E-state index in [0.717, 1.165) is 30.6 Å². The van der Waals surface area contributed by atoms with E-state index in [0.29, 0.717) is 28.4 Å². The second kappa shape index (κ2) is 8.61. The molecular formula is C21H25ClN4O2. The lowest BCUT2D eigenvalue weighted by Crippen LogP contribution is -2.25. The van der Waals surface area contributed by atoms with Crippen LogP contribution in [0, 0.1) is 12.8 Å². The number of halogens is 1. The van der Waals surface area contributed by atoms with Crippen LogP contribution < -0.4 is 10.6 Å². The van der Waals surface area contributed by atoms with Crippen LogP contribution in [0.1, 0.15) is 48.3 Å². The van der Waals surface area contributed by atoms with Crippen molar-refractivity contribution >= 4 is 35.2 Å². The molecular weight excluding hydrogens is 376 g/mol. The highest BCUT2D eigenvalue weighted by Gasteiger charge is 2.23. The molecule has 1 saturated carbocycles. The van der Waals surface area contributed by atoms with Crippen LogP contribution in [0.4, 0.5) is 5.69 Å². The van der Waals surface area contributed by atoms with E-state index in [1.807, 2.05) is 6.92 Å². The van der Waals surface area contributed by atoms with Crippen LogP contribution in [-0.2, 0) is 11.3 Å². The quantitative estimate of drug-likeness (QED) is 0.688. The number of carbonyl (C=O) groups is 2. The Balaban J connectivity index is 1.60. The second-order valence-electron chi connectivity index (χ2n) is 7.51. The maximum absolute atomic E-state index is 12.2. The maximum Gasteiger partial charge on any atom is 0.251 e. The Kier molecular flexibility index (Phi) is 6.19. The largest absolute Gasteiger partial charge is 0.349 e. The van der Waals surface area contributed by atoms with Gasteiger partial charge in [-0.1, -0.05) is 25.4 Å². The minimum atomic E-state index is -0.276. The fourth-order valence-electron chi connectivity index (χ4n) is 2.77. The third kappa shape index (κ3) is 5.23. The number of aromatic nitrogens is 2. The average molecular weight is 401 g/mol. The molecule has 0 aliphatic heterocycles. The van der Waals surface area contributed by atoms with Gasteiger partial charge in [0.15, 0.2) is 0 Å². The first-order valence-electron chi connectivity index (χ1n) is 9.46. The second-order valence-corrected chi connectivity index (χ2v) is 7.87. The number of hydrogen-bond acceptors (Lipinski definition) is 3. The fourth-order valence-corrected chi connectivity index (χ4v) is 3.07. The summed E-state index contributed by atoms with van der Waals surface area (Å²) in [6.07, 6.45) is 5.20. The fraction of sp³-hybridized carbons (Fsp3) is 0.381. The van der Waals surface area contributed by atoms with Crippen molar-refractivity contribution in [2.75, 3.05) is 5.32 Å². The molecule has 1 aliphatic carbocycles. The average Bonchev–Trinajstić information content (AvgIpc) is 3.40. The number of amides is 2. The zero-order valence-corrected chi connectivity index (χ0v) is 17.1. The van der Waals surface area contributed by atoms with Crippen LogP contribution in [0.3, 0.4) is 0 Å². The molecule has 2 amide bonds. The predicted octanol–water partition coefficient (Wildman–Crippen LogP) is 4.05. The molecule has 0 spiro atoms. The Bertz CT molecular complexity index is 896. The summed E-state index contributed by atoms with van der Waals surface area (Å²) >= 11 is 6.38. The van der Waals surface area contributed by atoms with Crippen LogP contribution in [0.5, 0.6) is 0 Å². The highest BCUT2D eigenvalue weighted by Crippen LogP contribution is 2.22. The van der Waals surface area contributed by atoms with E-state index in [-0.39, 0.29) is 11.8 Å². The van der Waals surface area contributed by atoms with Gasteiger partial charge in [-0.05, 0) is 56.0 Å². The number of nitrogens with one attached hydrogen (secondary N) is 2. The van der Waals surface area contributed by atoms with Crippen LogP contribution in [0.2, 0.25) is 5.15 Å². The van der Waals surface area contributed by atoms with Gasteiger partial charge in [-0.15, -0.1) is 0 Å². The molecule has 0 atom stereocenters. The van der Waals surface area contributed by atoms with Crippen molar-refractivity contribution in [3.05, 3.63) is 52.3 Å². The summed E-state index contributed by atoms with van der Waals surface area (Å²) in [6, 6.07) is 7.15. The van der Waals surface area contributed by atoms with Gasteiger partial charge >= 0.3 is 0 Å². The van der Waals surface area contributed by atoms with E-state index >= 15 is 0 Å². The molecule has 1 aromatic carbocycles. The van der Waals surface area contributed by atoms with E-state index in [4.69, 9.17) is 11.6 Å². The zero-order valence-electron chi connectivity index (χ0n) is 16.3. The monoisotopic (exact) mass is 400 g/mol. The van der Waals surface area contributed by atoms with E-state index in [2.05, 4.69) is 29.6 Å². The molecule has 7 heteroatoms. The minimum Gasteiger partial charge on any atom is -0.349 e. The van der Waals surface area contributed by atoms with Crippen LogP contribution in [0.15, 0.2) is 30.3 Å². The lowest BCUT2D eigenvalue weighted by Gasteiger charge is -2.06. The molecule has 6 nitrogen and oxygen atoms in total. The third-order valence-electron chi connectivity index (χ3n) is 4.38. The first-order chi connectivity index (χ1) is 13.3. The molecule has 2 aromatic rings. The van der Waals surface area contributed by atoms with Crippen molar-refractivity contribution in [1.29, 1.82) is 0 Å². The summed E-state index contributed by atoms with van der Waals surface area (Å²) in [7, 11) is 0. The SMILES string of the molecule is Cc1nn(CC(C)C)c(Cl)c1/C=C/C(=O)Nc1ccc(C(=O)NC2CC2)cc1. The van der Waals surface area contributed by atoms with Gasteiger partial charge in [0.2, 0.25) is 5.91 Å². The number of rotatable bonds is 7. The van der Waals surface area contributed by atoms with Crippen molar-refractivity contribution < 1.29 is 9.59 Å². The molecule has 0 saturated heterocycles. The van der Waals surface area contributed by atoms with Gasteiger partial charge in [0.25, 0.3) is 5.91 Å². The van der Waals surface area contributed by atoms with Crippen LogP contribution in [-0.4, -0.2) is 27.6 Å². The zero-order chi connectivity index (χ0) is 20.3. The Morgan fingerprint density at radius 1 is 1.29 bits per heavy atom. The summed E-state index contributed by atoms with van der Waals surface area (Å²) in [5.74, 6) is 0.0670. The smallest absolute Gasteiger partial charge is 0.251 e. The molecule has 28 heavy (non-hydrogen) atoms. The van der Waals surface area contributed by atoms with Crippen LogP contribution >= 0.6 is 11.6 Å². The highest BCUT2D eigenvalue weighted by molar-refractivity contribution is 6.31. The van der Waals surface area contributed by atoms with Gasteiger partial charge in [-0.25, -0.2) is 0 Å². The summed E-state index contributed by atoms with van der Waals surface area (Å²) in [5, 5.41) is 10.7. The number of nitrogens with zero attached hydrogens (tertiary/aromatic N) is 2. The topological polar surface area (TPSA) is 76.0 Å². The Labute approximate surface area is 170 Å². The molecule has 2 N–H and O–H groups in total. The molecule has 3 rings (SSSR count). The summed E-state index contributed by atoms with van der Waals surface area (Å²) in [6.45, 7) is 6.78.